The van der Waals surface area contributed by atoms with Gasteiger partial charge in [-0.3, -0.25) is 0 Å². The summed E-state index contributed by atoms with van der Waals surface area (Å²) < 4.78 is 7.66. The molecule has 2 N–H and O–H groups in total. The van der Waals surface area contributed by atoms with Crippen LogP contribution in [0.2, 0.25) is 0 Å². The average Bonchev–Trinajstić information content (AvgIpc) is 2.47. The fourth-order valence-electron chi connectivity index (χ4n) is 1.44. The van der Waals surface area contributed by atoms with Gasteiger partial charge in [0.05, 0.1) is 0 Å². The molecule has 1 atom stereocenters. The standard InChI is InChI=1S/C7H11BrN4O/c8-6-10-7(9)12(11-6)5-3-1-2-4-13-5/h5H,1-4H2,(H2,9,10,11). The molecule has 0 bridgehead atoms. The zero-order valence-corrected chi connectivity index (χ0v) is 8.70. The molecule has 5 nitrogen and oxygen atoms in total. The average molecular weight is 247 g/mol. The summed E-state index contributed by atoms with van der Waals surface area (Å²) in [6, 6.07) is 0. The van der Waals surface area contributed by atoms with Crippen molar-refractivity contribution in [1.29, 1.82) is 0 Å². The fourth-order valence-corrected chi connectivity index (χ4v) is 1.79. The topological polar surface area (TPSA) is 66.0 Å². The normalized spacial score (nSPS) is 23.3. The van der Waals surface area contributed by atoms with Crippen LogP contribution in [-0.4, -0.2) is 21.4 Å². The molecule has 2 heterocycles. The molecule has 72 valence electrons. The highest BCUT2D eigenvalue weighted by atomic mass is 79.9. The van der Waals surface area contributed by atoms with Crippen LogP contribution < -0.4 is 5.73 Å². The van der Waals surface area contributed by atoms with Gasteiger partial charge in [0.2, 0.25) is 10.7 Å². The summed E-state index contributed by atoms with van der Waals surface area (Å²) in [5, 5.41) is 4.11. The number of halogens is 1. The van der Waals surface area contributed by atoms with Crippen LogP contribution in [0.3, 0.4) is 0 Å². The van der Waals surface area contributed by atoms with Gasteiger partial charge in [0, 0.05) is 6.61 Å². The Kier molecular flexibility index (Phi) is 2.50. The van der Waals surface area contributed by atoms with Crippen LogP contribution in [0.15, 0.2) is 4.73 Å². The largest absolute Gasteiger partial charge is 0.368 e. The maximum Gasteiger partial charge on any atom is 0.221 e. The van der Waals surface area contributed by atoms with Gasteiger partial charge in [-0.2, -0.15) is 4.98 Å². The molecule has 1 fully saturated rings. The van der Waals surface area contributed by atoms with Crippen molar-refractivity contribution in [2.45, 2.75) is 25.5 Å². The molecule has 1 aromatic heterocycles. The molecule has 6 heteroatoms. The second-order valence-corrected chi connectivity index (χ2v) is 3.71. The van der Waals surface area contributed by atoms with Crippen molar-refractivity contribution >= 4 is 21.9 Å². The van der Waals surface area contributed by atoms with E-state index in [0.29, 0.717) is 10.7 Å². The third-order valence-electron chi connectivity index (χ3n) is 2.06. The molecule has 0 amide bonds. The number of anilines is 1. The molecule has 1 aromatic rings. The summed E-state index contributed by atoms with van der Waals surface area (Å²) in [7, 11) is 0. The maximum atomic E-state index is 5.65. The number of hydrogen-bond donors (Lipinski definition) is 1. The van der Waals surface area contributed by atoms with E-state index >= 15 is 0 Å². The first-order valence-corrected chi connectivity index (χ1v) is 5.06. The highest BCUT2D eigenvalue weighted by molar-refractivity contribution is 9.10. The van der Waals surface area contributed by atoms with Crippen LogP contribution >= 0.6 is 15.9 Å². The van der Waals surface area contributed by atoms with Gasteiger partial charge in [0.15, 0.2) is 6.23 Å². The van der Waals surface area contributed by atoms with Gasteiger partial charge in [0.1, 0.15) is 0 Å². The van der Waals surface area contributed by atoms with Gasteiger partial charge >= 0.3 is 0 Å². The Hall–Kier alpha value is -0.620. The monoisotopic (exact) mass is 246 g/mol. The van der Waals surface area contributed by atoms with Crippen molar-refractivity contribution in [1.82, 2.24) is 14.8 Å². The van der Waals surface area contributed by atoms with Crippen LogP contribution in [0.1, 0.15) is 25.5 Å². The summed E-state index contributed by atoms with van der Waals surface area (Å²) in [6.45, 7) is 0.779. The van der Waals surface area contributed by atoms with Crippen LogP contribution in [0.5, 0.6) is 0 Å². The van der Waals surface area contributed by atoms with E-state index in [4.69, 9.17) is 10.5 Å². The quantitative estimate of drug-likeness (QED) is 0.812. The lowest BCUT2D eigenvalue weighted by atomic mass is 10.2. The van der Waals surface area contributed by atoms with E-state index in [0.717, 1.165) is 25.9 Å². The number of nitrogen functional groups attached to an aromatic ring is 1. The van der Waals surface area contributed by atoms with Crippen molar-refractivity contribution in [3.05, 3.63) is 4.73 Å². The summed E-state index contributed by atoms with van der Waals surface area (Å²) >= 11 is 3.17. The Morgan fingerprint density at radius 3 is 2.92 bits per heavy atom. The van der Waals surface area contributed by atoms with Crippen LogP contribution in [-0.2, 0) is 4.74 Å². The van der Waals surface area contributed by atoms with E-state index in [2.05, 4.69) is 26.0 Å². The van der Waals surface area contributed by atoms with Crippen molar-refractivity contribution in [3.8, 4) is 0 Å². The van der Waals surface area contributed by atoms with E-state index in [9.17, 15) is 0 Å². The first-order valence-electron chi connectivity index (χ1n) is 4.26. The molecule has 2 rings (SSSR count). The Labute approximate surface area is 84.4 Å². The van der Waals surface area contributed by atoms with Gasteiger partial charge in [-0.05, 0) is 35.2 Å². The van der Waals surface area contributed by atoms with Gasteiger partial charge in [-0.15, -0.1) is 5.10 Å². The molecule has 1 aliphatic rings. The second-order valence-electron chi connectivity index (χ2n) is 3.00. The van der Waals surface area contributed by atoms with Crippen molar-refractivity contribution < 1.29 is 4.74 Å². The minimum atomic E-state index is -0.0347. The van der Waals surface area contributed by atoms with Gasteiger partial charge in [0.25, 0.3) is 0 Å². The number of rotatable bonds is 1. The lowest BCUT2D eigenvalue weighted by molar-refractivity contribution is -0.0382. The third-order valence-corrected chi connectivity index (χ3v) is 2.40. The third kappa shape index (κ3) is 1.83. The number of nitrogens with two attached hydrogens (primary N) is 1. The van der Waals surface area contributed by atoms with E-state index in [1.807, 2.05) is 0 Å². The maximum absolute atomic E-state index is 5.65. The minimum absolute atomic E-state index is 0.0347. The Morgan fingerprint density at radius 1 is 1.54 bits per heavy atom. The number of ether oxygens (including phenoxy) is 1. The molecule has 1 unspecified atom stereocenters. The minimum Gasteiger partial charge on any atom is -0.368 e. The Bertz CT molecular complexity index is 295. The number of nitrogens with zero attached hydrogens (tertiary/aromatic N) is 3. The molecule has 0 spiro atoms. The summed E-state index contributed by atoms with van der Waals surface area (Å²) in [4.78, 5) is 3.95. The predicted molar refractivity (Wildman–Crippen MR) is 51.0 cm³/mol. The summed E-state index contributed by atoms with van der Waals surface area (Å²) in [5.41, 5.74) is 5.65. The molecule has 13 heavy (non-hydrogen) atoms. The Morgan fingerprint density at radius 2 is 2.38 bits per heavy atom. The first-order chi connectivity index (χ1) is 6.27. The van der Waals surface area contributed by atoms with Crippen molar-refractivity contribution in [2.75, 3.05) is 12.3 Å². The molecule has 0 aromatic carbocycles. The van der Waals surface area contributed by atoms with E-state index < -0.39 is 0 Å². The molecule has 1 saturated heterocycles. The van der Waals surface area contributed by atoms with E-state index in [-0.39, 0.29) is 6.23 Å². The molecule has 1 aliphatic heterocycles. The zero-order valence-electron chi connectivity index (χ0n) is 7.11. The smallest absolute Gasteiger partial charge is 0.221 e. The number of hydrogen-bond acceptors (Lipinski definition) is 4. The first kappa shape index (κ1) is 8.96. The Balaban J connectivity index is 2.18. The van der Waals surface area contributed by atoms with E-state index in [1.54, 1.807) is 4.68 Å². The lowest BCUT2D eigenvalue weighted by Gasteiger charge is -2.22. The van der Waals surface area contributed by atoms with Gasteiger partial charge in [-0.1, -0.05) is 0 Å². The summed E-state index contributed by atoms with van der Waals surface area (Å²) in [6.07, 6.45) is 3.20. The molecular weight excluding hydrogens is 236 g/mol. The van der Waals surface area contributed by atoms with Gasteiger partial charge < -0.3 is 10.5 Å². The van der Waals surface area contributed by atoms with Crippen LogP contribution in [0.4, 0.5) is 5.95 Å². The fraction of sp³-hybridized carbons (Fsp3) is 0.714. The lowest BCUT2D eigenvalue weighted by Crippen LogP contribution is -2.20. The SMILES string of the molecule is Nc1nc(Br)nn1C1CCCCO1. The van der Waals surface area contributed by atoms with Crippen LogP contribution in [0.25, 0.3) is 0 Å². The highest BCUT2D eigenvalue weighted by Gasteiger charge is 2.19. The van der Waals surface area contributed by atoms with Gasteiger partial charge in [-0.25, -0.2) is 4.68 Å². The summed E-state index contributed by atoms with van der Waals surface area (Å²) in [5.74, 6) is 0.402. The van der Waals surface area contributed by atoms with Crippen LogP contribution in [0, 0.1) is 0 Å². The molecule has 0 saturated carbocycles. The highest BCUT2D eigenvalue weighted by Crippen LogP contribution is 2.24. The van der Waals surface area contributed by atoms with Crippen molar-refractivity contribution in [3.63, 3.8) is 0 Å². The second kappa shape index (κ2) is 3.63. The molecule has 0 aliphatic carbocycles. The predicted octanol–water partition coefficient (Wildman–Crippen LogP) is 1.32. The number of aromatic nitrogens is 3. The molecular formula is C7H11BrN4O. The van der Waals surface area contributed by atoms with Crippen molar-refractivity contribution in [2.24, 2.45) is 0 Å². The zero-order chi connectivity index (χ0) is 9.26. The van der Waals surface area contributed by atoms with E-state index in [1.165, 1.54) is 0 Å². The molecule has 0 radical (unpaired) electrons.